The molecule has 0 aliphatic rings. The molecule has 436 valence electrons. The third kappa shape index (κ3) is 61.2. The lowest BCUT2D eigenvalue weighted by Crippen LogP contribution is -2.30. The number of ether oxygens (including phenoxy) is 3. The molecular weight excluding hydrogens is 937 g/mol. The van der Waals surface area contributed by atoms with Crippen LogP contribution in [0.5, 0.6) is 0 Å². The standard InChI is InChI=1S/C70H120O6/c1-4-7-10-13-16-19-22-25-28-31-34-35-37-39-42-45-48-51-54-57-60-63-69(72)75-66-67(65-74-68(71)62-59-56-53-50-47-44-41-38-33-30-27-24-21-18-15-12-9-6-3)76-70(73)64-61-58-55-52-49-46-43-40-36-32-29-26-23-20-17-14-11-8-5-2/h7,10,16-17,19-20,25-26,28-29,34-36,39-40,42,67H,4-6,8-9,11-15,18,21-24,27,30-33,37-38,41,43-66H2,1-3H3/b10-7-,19-16-,20-17-,28-25-,29-26-,35-34-,40-36-,42-39-. The first-order valence-corrected chi connectivity index (χ1v) is 32.2. The molecule has 6 nitrogen and oxygen atoms in total. The highest BCUT2D eigenvalue weighted by Gasteiger charge is 2.19. The van der Waals surface area contributed by atoms with E-state index in [9.17, 15) is 14.4 Å². The number of carbonyl (C=O) groups excluding carboxylic acids is 3. The molecule has 0 amide bonds. The molecule has 0 fully saturated rings. The maximum Gasteiger partial charge on any atom is 0.306 e. The summed E-state index contributed by atoms with van der Waals surface area (Å²) in [5.74, 6) is -0.907. The van der Waals surface area contributed by atoms with Gasteiger partial charge in [-0.25, -0.2) is 0 Å². The van der Waals surface area contributed by atoms with Crippen LogP contribution < -0.4 is 0 Å². The lowest BCUT2D eigenvalue weighted by Gasteiger charge is -2.18. The van der Waals surface area contributed by atoms with Gasteiger partial charge < -0.3 is 14.2 Å². The molecule has 0 N–H and O–H groups in total. The van der Waals surface area contributed by atoms with Crippen molar-refractivity contribution < 1.29 is 28.6 Å². The first-order chi connectivity index (χ1) is 37.5. The van der Waals surface area contributed by atoms with Crippen LogP contribution in [0.25, 0.3) is 0 Å². The second-order valence-corrected chi connectivity index (χ2v) is 21.3. The number of unbranched alkanes of at least 4 members (excludes halogenated alkanes) is 31. The average Bonchev–Trinajstić information content (AvgIpc) is 3.42. The Morgan fingerprint density at radius 2 is 0.513 bits per heavy atom. The van der Waals surface area contributed by atoms with Crippen molar-refractivity contribution in [2.75, 3.05) is 13.2 Å². The van der Waals surface area contributed by atoms with Crippen molar-refractivity contribution in [2.24, 2.45) is 0 Å². The van der Waals surface area contributed by atoms with E-state index in [0.717, 1.165) is 135 Å². The molecule has 0 aliphatic carbocycles. The minimum absolute atomic E-state index is 0.0872. The zero-order valence-corrected chi connectivity index (χ0v) is 50.0. The summed E-state index contributed by atoms with van der Waals surface area (Å²) in [6.07, 6.45) is 85.4. The maximum atomic E-state index is 12.9. The molecule has 0 aromatic heterocycles. The Balaban J connectivity index is 4.44. The summed E-state index contributed by atoms with van der Waals surface area (Å²) in [6, 6.07) is 0. The summed E-state index contributed by atoms with van der Waals surface area (Å²) >= 11 is 0. The fourth-order valence-electron chi connectivity index (χ4n) is 9.01. The minimum Gasteiger partial charge on any atom is -0.462 e. The van der Waals surface area contributed by atoms with Crippen LogP contribution in [0.3, 0.4) is 0 Å². The summed E-state index contributed by atoms with van der Waals surface area (Å²) in [4.78, 5) is 38.4. The fraction of sp³-hybridized carbons (Fsp3) is 0.729. The van der Waals surface area contributed by atoms with E-state index in [0.29, 0.717) is 19.3 Å². The largest absolute Gasteiger partial charge is 0.462 e. The normalized spacial score (nSPS) is 12.7. The second kappa shape index (κ2) is 63.9. The van der Waals surface area contributed by atoms with E-state index in [4.69, 9.17) is 14.2 Å². The molecule has 6 heteroatoms. The average molecular weight is 1060 g/mol. The van der Waals surface area contributed by atoms with Crippen molar-refractivity contribution in [1.29, 1.82) is 0 Å². The van der Waals surface area contributed by atoms with E-state index in [1.165, 1.54) is 135 Å². The molecule has 0 heterocycles. The SMILES string of the molecule is CC/C=C\C/C=C\C/C=C\C/C=C\C/C=C\CCCCCCCC(=O)OCC(COC(=O)CCCCCCCCCCCCCCCCCCCC)OC(=O)CCCCCCCC/C=C\C/C=C\C/C=C\CCCCC. The molecule has 0 aromatic carbocycles. The topological polar surface area (TPSA) is 78.9 Å². The van der Waals surface area contributed by atoms with Gasteiger partial charge in [0, 0.05) is 19.3 Å². The third-order valence-corrected chi connectivity index (χ3v) is 13.8. The first kappa shape index (κ1) is 72.3. The van der Waals surface area contributed by atoms with Crippen LogP contribution in [-0.4, -0.2) is 37.2 Å². The fourth-order valence-corrected chi connectivity index (χ4v) is 9.01. The lowest BCUT2D eigenvalue weighted by atomic mass is 10.0. The first-order valence-electron chi connectivity index (χ1n) is 32.2. The van der Waals surface area contributed by atoms with Gasteiger partial charge in [-0.2, -0.15) is 0 Å². The Morgan fingerprint density at radius 3 is 0.829 bits per heavy atom. The van der Waals surface area contributed by atoms with Gasteiger partial charge in [-0.3, -0.25) is 14.4 Å². The Bertz CT molecular complexity index is 1490. The van der Waals surface area contributed by atoms with Crippen LogP contribution in [-0.2, 0) is 28.6 Å². The monoisotopic (exact) mass is 1060 g/mol. The number of rotatable bonds is 58. The van der Waals surface area contributed by atoms with Gasteiger partial charge in [0.25, 0.3) is 0 Å². The third-order valence-electron chi connectivity index (χ3n) is 13.8. The molecule has 1 atom stereocenters. The van der Waals surface area contributed by atoms with Crippen LogP contribution in [0.1, 0.15) is 310 Å². The molecule has 0 bridgehead atoms. The molecule has 0 saturated heterocycles. The second-order valence-electron chi connectivity index (χ2n) is 21.3. The number of hydrogen-bond acceptors (Lipinski definition) is 6. The highest BCUT2D eigenvalue weighted by atomic mass is 16.6. The van der Waals surface area contributed by atoms with Crippen LogP contribution in [0, 0.1) is 0 Å². The predicted molar refractivity (Wildman–Crippen MR) is 330 cm³/mol. The van der Waals surface area contributed by atoms with E-state index in [2.05, 4.69) is 118 Å². The van der Waals surface area contributed by atoms with Crippen LogP contribution in [0.15, 0.2) is 97.2 Å². The Morgan fingerprint density at radius 1 is 0.276 bits per heavy atom. The maximum absolute atomic E-state index is 12.9. The van der Waals surface area contributed by atoms with Gasteiger partial charge >= 0.3 is 17.9 Å². The number of carbonyl (C=O) groups is 3. The molecule has 0 radical (unpaired) electrons. The van der Waals surface area contributed by atoms with Gasteiger partial charge in [0.2, 0.25) is 0 Å². The van der Waals surface area contributed by atoms with Crippen molar-refractivity contribution in [3.05, 3.63) is 97.2 Å². The van der Waals surface area contributed by atoms with E-state index in [1.807, 2.05) is 0 Å². The summed E-state index contributed by atoms with van der Waals surface area (Å²) in [5.41, 5.74) is 0. The van der Waals surface area contributed by atoms with Gasteiger partial charge in [-0.15, -0.1) is 0 Å². The molecule has 0 aliphatic heterocycles. The van der Waals surface area contributed by atoms with Crippen molar-refractivity contribution >= 4 is 17.9 Å². The van der Waals surface area contributed by atoms with E-state index in [1.54, 1.807) is 0 Å². The minimum atomic E-state index is -0.794. The van der Waals surface area contributed by atoms with Crippen LogP contribution >= 0.6 is 0 Å². The smallest absolute Gasteiger partial charge is 0.306 e. The Kier molecular flexibility index (Phi) is 60.8. The highest BCUT2D eigenvalue weighted by Crippen LogP contribution is 2.16. The molecule has 1 unspecified atom stereocenters. The predicted octanol–water partition coefficient (Wildman–Crippen LogP) is 22.0. The molecular formula is C70H120O6. The van der Waals surface area contributed by atoms with Crippen LogP contribution in [0.4, 0.5) is 0 Å². The van der Waals surface area contributed by atoms with Gasteiger partial charge in [-0.1, -0.05) is 285 Å². The van der Waals surface area contributed by atoms with E-state index in [-0.39, 0.29) is 31.1 Å². The summed E-state index contributed by atoms with van der Waals surface area (Å²) in [6.45, 7) is 6.51. The van der Waals surface area contributed by atoms with Crippen molar-refractivity contribution in [2.45, 2.75) is 316 Å². The van der Waals surface area contributed by atoms with Gasteiger partial charge in [-0.05, 0) is 103 Å². The Hall–Kier alpha value is -3.67. The number of esters is 3. The van der Waals surface area contributed by atoms with E-state index < -0.39 is 6.10 Å². The van der Waals surface area contributed by atoms with Crippen molar-refractivity contribution in [1.82, 2.24) is 0 Å². The highest BCUT2D eigenvalue weighted by molar-refractivity contribution is 5.71. The van der Waals surface area contributed by atoms with Crippen molar-refractivity contribution in [3.8, 4) is 0 Å². The van der Waals surface area contributed by atoms with E-state index >= 15 is 0 Å². The quantitative estimate of drug-likeness (QED) is 0.0261. The molecule has 76 heavy (non-hydrogen) atoms. The Labute approximate surface area is 470 Å². The number of allylic oxidation sites excluding steroid dienone is 16. The number of hydrogen-bond donors (Lipinski definition) is 0. The summed E-state index contributed by atoms with van der Waals surface area (Å²) in [5, 5.41) is 0. The van der Waals surface area contributed by atoms with Gasteiger partial charge in [0.05, 0.1) is 0 Å². The van der Waals surface area contributed by atoms with Crippen LogP contribution in [0.2, 0.25) is 0 Å². The summed E-state index contributed by atoms with van der Waals surface area (Å²) < 4.78 is 16.9. The molecule has 0 spiro atoms. The zero-order valence-electron chi connectivity index (χ0n) is 50.0. The zero-order chi connectivity index (χ0) is 55.0. The van der Waals surface area contributed by atoms with Gasteiger partial charge in [0.1, 0.15) is 13.2 Å². The summed E-state index contributed by atoms with van der Waals surface area (Å²) in [7, 11) is 0. The van der Waals surface area contributed by atoms with Gasteiger partial charge in [0.15, 0.2) is 6.10 Å². The molecule has 0 aromatic rings. The molecule has 0 saturated carbocycles. The van der Waals surface area contributed by atoms with Crippen molar-refractivity contribution in [3.63, 3.8) is 0 Å². The lowest BCUT2D eigenvalue weighted by molar-refractivity contribution is -0.167. The molecule has 0 rings (SSSR count).